The zero-order chi connectivity index (χ0) is 14.7. The predicted octanol–water partition coefficient (Wildman–Crippen LogP) is 2.41. The maximum atomic E-state index is 12.7. The summed E-state index contributed by atoms with van der Waals surface area (Å²) in [6, 6.07) is 8.55. The van der Waals surface area contributed by atoms with Crippen LogP contribution in [-0.4, -0.2) is 55.0 Å². The molecule has 2 unspecified atom stereocenters. The molecule has 2 atom stereocenters. The molecule has 1 heterocycles. The summed E-state index contributed by atoms with van der Waals surface area (Å²) in [5, 5.41) is 3.40. The van der Waals surface area contributed by atoms with Crippen LogP contribution in [0.4, 0.5) is 0 Å². The third kappa shape index (κ3) is 5.13. The number of nitrogens with one attached hydrogen (secondary N) is 1. The molecule has 1 aromatic rings. The quantitative estimate of drug-likeness (QED) is 0.911. The molecule has 2 rings (SSSR count). The SMILES string of the molecule is CC1NCCN(C(=O)c2cccc(CN(C)C)c2)C1C.Cl.Cl. The third-order valence-electron chi connectivity index (χ3n) is 3.97. The number of piperazine rings is 1. The highest BCUT2D eigenvalue weighted by molar-refractivity contribution is 5.94. The summed E-state index contributed by atoms with van der Waals surface area (Å²) in [6.45, 7) is 6.75. The number of nitrogens with zero attached hydrogens (tertiary/aromatic N) is 2. The van der Waals surface area contributed by atoms with Crippen molar-refractivity contribution in [1.29, 1.82) is 0 Å². The second kappa shape index (κ2) is 9.36. The van der Waals surface area contributed by atoms with Crippen molar-refractivity contribution in [3.05, 3.63) is 35.4 Å². The van der Waals surface area contributed by atoms with Crippen molar-refractivity contribution in [3.8, 4) is 0 Å². The Hall–Kier alpha value is -0.810. The summed E-state index contributed by atoms with van der Waals surface area (Å²) in [7, 11) is 4.07. The van der Waals surface area contributed by atoms with Crippen LogP contribution in [0.5, 0.6) is 0 Å². The minimum Gasteiger partial charge on any atom is -0.333 e. The van der Waals surface area contributed by atoms with Crippen LogP contribution in [-0.2, 0) is 6.54 Å². The van der Waals surface area contributed by atoms with E-state index in [1.165, 1.54) is 5.56 Å². The standard InChI is InChI=1S/C16H25N3O.2ClH/c1-12-13(2)19(9-8-17-12)16(20)15-7-5-6-14(10-15)11-18(3)4;;/h5-7,10,12-13,17H,8-9,11H2,1-4H3;2*1H. The summed E-state index contributed by atoms with van der Waals surface area (Å²) in [6.07, 6.45) is 0. The number of halogens is 2. The van der Waals surface area contributed by atoms with Gasteiger partial charge in [0.05, 0.1) is 0 Å². The van der Waals surface area contributed by atoms with E-state index in [0.29, 0.717) is 6.04 Å². The van der Waals surface area contributed by atoms with E-state index in [2.05, 4.69) is 30.1 Å². The summed E-state index contributed by atoms with van der Waals surface area (Å²) in [5.41, 5.74) is 1.97. The molecular weight excluding hydrogens is 321 g/mol. The molecule has 1 saturated heterocycles. The van der Waals surface area contributed by atoms with Crippen LogP contribution >= 0.6 is 24.8 Å². The molecule has 1 amide bonds. The molecule has 1 N–H and O–H groups in total. The number of hydrogen-bond donors (Lipinski definition) is 1. The Balaban J connectivity index is 0.00000220. The molecule has 0 saturated carbocycles. The Bertz CT molecular complexity index is 482. The molecule has 4 nitrogen and oxygen atoms in total. The second-order valence-corrected chi connectivity index (χ2v) is 5.92. The van der Waals surface area contributed by atoms with Gasteiger partial charge in [-0.1, -0.05) is 12.1 Å². The van der Waals surface area contributed by atoms with Crippen molar-refractivity contribution in [3.63, 3.8) is 0 Å². The fourth-order valence-corrected chi connectivity index (χ4v) is 2.68. The van der Waals surface area contributed by atoms with E-state index >= 15 is 0 Å². The molecule has 0 aromatic heterocycles. The number of rotatable bonds is 3. The lowest BCUT2D eigenvalue weighted by Gasteiger charge is -2.38. The Morgan fingerprint density at radius 1 is 1.32 bits per heavy atom. The minimum atomic E-state index is 0. The summed E-state index contributed by atoms with van der Waals surface area (Å²) < 4.78 is 0. The summed E-state index contributed by atoms with van der Waals surface area (Å²) in [4.78, 5) is 16.8. The van der Waals surface area contributed by atoms with Crippen LogP contribution in [0.25, 0.3) is 0 Å². The van der Waals surface area contributed by atoms with Crippen molar-refractivity contribution in [2.75, 3.05) is 27.2 Å². The maximum absolute atomic E-state index is 12.7. The Kier molecular flexibility index (Phi) is 9.01. The van der Waals surface area contributed by atoms with E-state index in [9.17, 15) is 4.79 Å². The zero-order valence-electron chi connectivity index (χ0n) is 13.7. The first-order valence-electron chi connectivity index (χ1n) is 7.27. The van der Waals surface area contributed by atoms with Gasteiger partial charge in [-0.05, 0) is 45.6 Å². The molecule has 126 valence electrons. The first kappa shape index (κ1) is 21.2. The van der Waals surface area contributed by atoms with Gasteiger partial charge < -0.3 is 15.1 Å². The highest BCUT2D eigenvalue weighted by Crippen LogP contribution is 2.15. The normalized spacial score (nSPS) is 21.0. The lowest BCUT2D eigenvalue weighted by Crippen LogP contribution is -2.57. The monoisotopic (exact) mass is 347 g/mol. The molecule has 0 spiro atoms. The van der Waals surface area contributed by atoms with E-state index in [1.807, 2.05) is 37.2 Å². The topological polar surface area (TPSA) is 35.6 Å². The molecular formula is C16H27Cl2N3O. The first-order valence-corrected chi connectivity index (χ1v) is 7.27. The fraction of sp³-hybridized carbons (Fsp3) is 0.562. The van der Waals surface area contributed by atoms with Crippen molar-refractivity contribution in [1.82, 2.24) is 15.1 Å². The molecule has 1 aromatic carbocycles. The summed E-state index contributed by atoms with van der Waals surface area (Å²) >= 11 is 0. The van der Waals surface area contributed by atoms with Crippen molar-refractivity contribution >= 4 is 30.7 Å². The van der Waals surface area contributed by atoms with Crippen LogP contribution in [0.1, 0.15) is 29.8 Å². The average Bonchev–Trinajstić information content (AvgIpc) is 2.41. The van der Waals surface area contributed by atoms with Crippen LogP contribution in [0.2, 0.25) is 0 Å². The first-order chi connectivity index (χ1) is 9.49. The van der Waals surface area contributed by atoms with E-state index in [0.717, 1.165) is 25.2 Å². The molecule has 6 heteroatoms. The van der Waals surface area contributed by atoms with Gasteiger partial charge in [0.1, 0.15) is 0 Å². The zero-order valence-corrected chi connectivity index (χ0v) is 15.3. The van der Waals surface area contributed by atoms with E-state index < -0.39 is 0 Å². The Morgan fingerprint density at radius 2 is 2.00 bits per heavy atom. The van der Waals surface area contributed by atoms with Crippen molar-refractivity contribution < 1.29 is 4.79 Å². The van der Waals surface area contributed by atoms with Crippen molar-refractivity contribution in [2.24, 2.45) is 0 Å². The maximum Gasteiger partial charge on any atom is 0.254 e. The highest BCUT2D eigenvalue weighted by Gasteiger charge is 2.28. The third-order valence-corrected chi connectivity index (χ3v) is 3.97. The molecule has 1 fully saturated rings. The van der Waals surface area contributed by atoms with E-state index in [-0.39, 0.29) is 36.8 Å². The number of amides is 1. The Labute approximate surface area is 146 Å². The predicted molar refractivity (Wildman–Crippen MR) is 96.3 cm³/mol. The van der Waals surface area contributed by atoms with E-state index in [1.54, 1.807) is 0 Å². The van der Waals surface area contributed by atoms with Crippen molar-refractivity contribution in [2.45, 2.75) is 32.5 Å². The molecule has 0 radical (unpaired) electrons. The van der Waals surface area contributed by atoms with Gasteiger partial charge in [0.15, 0.2) is 0 Å². The number of hydrogen-bond acceptors (Lipinski definition) is 3. The average molecular weight is 348 g/mol. The molecule has 0 bridgehead atoms. The van der Waals surface area contributed by atoms with Gasteiger partial charge >= 0.3 is 0 Å². The number of carbonyl (C=O) groups excluding carboxylic acids is 1. The van der Waals surface area contributed by atoms with Crippen LogP contribution in [0.3, 0.4) is 0 Å². The van der Waals surface area contributed by atoms with Gasteiger partial charge in [-0.3, -0.25) is 4.79 Å². The smallest absolute Gasteiger partial charge is 0.254 e. The lowest BCUT2D eigenvalue weighted by atomic mass is 10.0. The number of benzene rings is 1. The molecule has 0 aliphatic carbocycles. The van der Waals surface area contributed by atoms with Gasteiger partial charge in [-0.25, -0.2) is 0 Å². The van der Waals surface area contributed by atoms with Gasteiger partial charge in [0.2, 0.25) is 0 Å². The van der Waals surface area contributed by atoms with Gasteiger partial charge in [-0.15, -0.1) is 24.8 Å². The lowest BCUT2D eigenvalue weighted by molar-refractivity contribution is 0.0603. The van der Waals surface area contributed by atoms with Crippen LogP contribution in [0.15, 0.2) is 24.3 Å². The van der Waals surface area contributed by atoms with E-state index in [4.69, 9.17) is 0 Å². The van der Waals surface area contributed by atoms with Gasteiger partial charge in [-0.2, -0.15) is 0 Å². The molecule has 1 aliphatic heterocycles. The summed E-state index contributed by atoms with van der Waals surface area (Å²) in [5.74, 6) is 0.145. The fourth-order valence-electron chi connectivity index (χ4n) is 2.68. The molecule has 22 heavy (non-hydrogen) atoms. The number of carbonyl (C=O) groups is 1. The largest absolute Gasteiger partial charge is 0.333 e. The van der Waals surface area contributed by atoms with Crippen LogP contribution in [0, 0.1) is 0 Å². The van der Waals surface area contributed by atoms with Crippen LogP contribution < -0.4 is 5.32 Å². The minimum absolute atomic E-state index is 0. The Morgan fingerprint density at radius 3 is 2.64 bits per heavy atom. The van der Waals surface area contributed by atoms with Gasteiger partial charge in [0.25, 0.3) is 5.91 Å². The highest BCUT2D eigenvalue weighted by atomic mass is 35.5. The second-order valence-electron chi connectivity index (χ2n) is 5.92. The molecule has 1 aliphatic rings. The van der Waals surface area contributed by atoms with Gasteiger partial charge in [0, 0.05) is 37.3 Å².